The van der Waals surface area contributed by atoms with Crippen molar-refractivity contribution in [1.29, 1.82) is 0 Å². The number of carbonyl (C=O) groups excluding carboxylic acids is 1. The van der Waals surface area contributed by atoms with Crippen LogP contribution in [0.2, 0.25) is 0 Å². The first-order valence-corrected chi connectivity index (χ1v) is 12.0. The smallest absolute Gasteiger partial charge is 0.348 e. The fourth-order valence-corrected chi connectivity index (χ4v) is 5.06. The lowest BCUT2D eigenvalue weighted by molar-refractivity contribution is 0.0594. The minimum Gasteiger partial charge on any atom is -0.491 e. The second-order valence-corrected chi connectivity index (χ2v) is 8.97. The van der Waals surface area contributed by atoms with E-state index in [9.17, 15) is 14.7 Å². The highest BCUT2D eigenvalue weighted by atomic mass is 32.1. The molecule has 0 saturated carbocycles. The summed E-state index contributed by atoms with van der Waals surface area (Å²) < 4.78 is 16.0. The van der Waals surface area contributed by atoms with E-state index in [-0.39, 0.29) is 25.3 Å². The Kier molecular flexibility index (Phi) is 7.96. The number of aromatic nitrogens is 2. The van der Waals surface area contributed by atoms with Crippen LogP contribution in [0.5, 0.6) is 5.75 Å². The van der Waals surface area contributed by atoms with Crippen molar-refractivity contribution in [2.75, 3.05) is 20.3 Å². The first-order valence-electron chi connectivity index (χ1n) is 11.2. The molecule has 1 aromatic carbocycles. The number of methoxy groups -OCH3 is 1. The molecular weight excluding hydrogens is 470 g/mol. The number of hydrogen-bond acceptors (Lipinski definition) is 9. The fourth-order valence-electron chi connectivity index (χ4n) is 3.86. The number of fused-ring (bicyclic) bond motifs is 1. The predicted molar refractivity (Wildman–Crippen MR) is 132 cm³/mol. The van der Waals surface area contributed by atoms with Crippen LogP contribution in [0.3, 0.4) is 0 Å². The van der Waals surface area contributed by atoms with Crippen LogP contribution in [0.1, 0.15) is 33.7 Å². The van der Waals surface area contributed by atoms with Gasteiger partial charge in [-0.25, -0.2) is 9.78 Å². The summed E-state index contributed by atoms with van der Waals surface area (Å²) in [5.41, 5.74) is 0.331. The van der Waals surface area contributed by atoms with Gasteiger partial charge in [0, 0.05) is 6.54 Å². The average molecular weight is 498 g/mol. The third kappa shape index (κ3) is 5.97. The zero-order valence-corrected chi connectivity index (χ0v) is 20.3. The number of aliphatic hydroxyl groups excluding tert-OH is 1. The third-order valence-electron chi connectivity index (χ3n) is 5.42. The molecule has 1 atom stereocenters. The van der Waals surface area contributed by atoms with E-state index in [1.165, 1.54) is 7.11 Å². The number of nitrogens with zero attached hydrogens (tertiary/aromatic N) is 2. The number of para-hydroxylation sites is 1. The Morgan fingerprint density at radius 3 is 2.71 bits per heavy atom. The van der Waals surface area contributed by atoms with Gasteiger partial charge in [-0.15, -0.1) is 11.3 Å². The highest BCUT2D eigenvalue weighted by Gasteiger charge is 2.22. The monoisotopic (exact) mass is 497 g/mol. The van der Waals surface area contributed by atoms with Crippen LogP contribution >= 0.6 is 11.3 Å². The van der Waals surface area contributed by atoms with E-state index in [0.29, 0.717) is 51.0 Å². The summed E-state index contributed by atoms with van der Waals surface area (Å²) in [5, 5.41) is 11.0. The van der Waals surface area contributed by atoms with Gasteiger partial charge in [0.1, 0.15) is 39.8 Å². The van der Waals surface area contributed by atoms with Crippen molar-refractivity contribution < 1.29 is 23.8 Å². The summed E-state index contributed by atoms with van der Waals surface area (Å²) in [6, 6.07) is 12.9. The van der Waals surface area contributed by atoms with E-state index < -0.39 is 12.1 Å². The van der Waals surface area contributed by atoms with Crippen molar-refractivity contribution >= 4 is 27.5 Å². The number of aryl methyl sites for hydroxylation is 1. The molecular formula is C25H27N3O6S. The number of aromatic amines is 1. The zero-order chi connectivity index (χ0) is 24.8. The molecule has 184 valence electrons. The normalized spacial score (nSPS) is 12.2. The van der Waals surface area contributed by atoms with Crippen molar-refractivity contribution in [3.8, 4) is 5.75 Å². The SMILES string of the molecule is CCc1c(C(=O)OC)sc2nc(CN(Cc3ccco3)CC(O)COc3ccccc3)[nH]c(=O)c12. The number of carbonyl (C=O) groups is 1. The molecule has 3 heterocycles. The maximum Gasteiger partial charge on any atom is 0.348 e. The highest BCUT2D eigenvalue weighted by Crippen LogP contribution is 2.29. The molecule has 35 heavy (non-hydrogen) atoms. The Morgan fingerprint density at radius 2 is 2.03 bits per heavy atom. The lowest BCUT2D eigenvalue weighted by Crippen LogP contribution is -2.35. The van der Waals surface area contributed by atoms with Gasteiger partial charge in [0.2, 0.25) is 0 Å². The van der Waals surface area contributed by atoms with Crippen LogP contribution in [-0.4, -0.2) is 52.3 Å². The molecule has 0 aliphatic carbocycles. The topological polar surface area (TPSA) is 118 Å². The van der Waals surface area contributed by atoms with Crippen LogP contribution in [0, 0.1) is 0 Å². The highest BCUT2D eigenvalue weighted by molar-refractivity contribution is 7.20. The lowest BCUT2D eigenvalue weighted by atomic mass is 10.1. The quantitative estimate of drug-likeness (QED) is 0.303. The third-order valence-corrected chi connectivity index (χ3v) is 6.53. The summed E-state index contributed by atoms with van der Waals surface area (Å²) >= 11 is 1.15. The Labute approximate surface area is 205 Å². The molecule has 0 fully saturated rings. The van der Waals surface area contributed by atoms with Crippen molar-refractivity contribution in [3.05, 3.63) is 81.1 Å². The molecule has 4 rings (SSSR count). The molecule has 4 aromatic rings. The Hall–Kier alpha value is -3.47. The van der Waals surface area contributed by atoms with Crippen LogP contribution in [-0.2, 0) is 24.2 Å². The van der Waals surface area contributed by atoms with Crippen molar-refractivity contribution in [1.82, 2.24) is 14.9 Å². The van der Waals surface area contributed by atoms with E-state index in [1.807, 2.05) is 48.2 Å². The standard InChI is InChI=1S/C25H27N3O6S/c1-3-19-21-23(30)26-20(27-24(21)35-22(19)25(31)32-2)14-28(13-18-10-7-11-33-18)12-16(29)15-34-17-8-5-4-6-9-17/h4-11,16,29H,3,12-15H2,1-2H3,(H,26,27,30). The number of benzene rings is 1. The van der Waals surface area contributed by atoms with E-state index >= 15 is 0 Å². The summed E-state index contributed by atoms with van der Waals surface area (Å²) in [7, 11) is 1.31. The molecule has 0 bridgehead atoms. The van der Waals surface area contributed by atoms with Gasteiger partial charge in [0.15, 0.2) is 0 Å². The van der Waals surface area contributed by atoms with Crippen molar-refractivity contribution in [3.63, 3.8) is 0 Å². The summed E-state index contributed by atoms with van der Waals surface area (Å²) in [6.45, 7) is 2.89. The van der Waals surface area contributed by atoms with Crippen LogP contribution in [0.4, 0.5) is 0 Å². The number of hydrogen-bond donors (Lipinski definition) is 2. The van der Waals surface area contributed by atoms with Gasteiger partial charge in [0.25, 0.3) is 5.56 Å². The predicted octanol–water partition coefficient (Wildman–Crippen LogP) is 3.37. The van der Waals surface area contributed by atoms with Gasteiger partial charge in [-0.05, 0) is 36.2 Å². The fraction of sp³-hybridized carbons (Fsp3) is 0.320. The molecule has 0 saturated heterocycles. The number of aliphatic hydroxyl groups is 1. The number of ether oxygens (including phenoxy) is 2. The molecule has 0 radical (unpaired) electrons. The Balaban J connectivity index is 1.55. The number of nitrogens with one attached hydrogen (secondary N) is 1. The van der Waals surface area contributed by atoms with Gasteiger partial charge < -0.3 is 24.0 Å². The van der Waals surface area contributed by atoms with Gasteiger partial charge in [-0.3, -0.25) is 9.69 Å². The number of furan rings is 1. The molecule has 0 spiro atoms. The van der Waals surface area contributed by atoms with E-state index in [2.05, 4.69) is 9.97 Å². The molecule has 3 aromatic heterocycles. The maximum atomic E-state index is 12.9. The summed E-state index contributed by atoms with van der Waals surface area (Å²) in [4.78, 5) is 35.4. The number of thiophene rings is 1. The van der Waals surface area contributed by atoms with Gasteiger partial charge in [0.05, 0.1) is 31.8 Å². The molecule has 1 unspecified atom stereocenters. The average Bonchev–Trinajstić information content (AvgIpc) is 3.50. The Morgan fingerprint density at radius 1 is 1.23 bits per heavy atom. The summed E-state index contributed by atoms with van der Waals surface area (Å²) in [6.07, 6.45) is 1.30. The molecule has 2 N–H and O–H groups in total. The van der Waals surface area contributed by atoms with Crippen LogP contribution in [0.15, 0.2) is 57.9 Å². The van der Waals surface area contributed by atoms with Crippen LogP contribution in [0.25, 0.3) is 10.2 Å². The first-order chi connectivity index (χ1) is 17.0. The molecule has 0 amide bonds. The van der Waals surface area contributed by atoms with E-state index in [0.717, 1.165) is 11.3 Å². The molecule has 9 nitrogen and oxygen atoms in total. The molecule has 0 aliphatic rings. The zero-order valence-electron chi connectivity index (χ0n) is 19.5. The van der Waals surface area contributed by atoms with E-state index in [1.54, 1.807) is 12.3 Å². The minimum atomic E-state index is -0.792. The maximum absolute atomic E-state index is 12.9. The lowest BCUT2D eigenvalue weighted by Gasteiger charge is -2.24. The van der Waals surface area contributed by atoms with Crippen LogP contribution < -0.4 is 10.3 Å². The van der Waals surface area contributed by atoms with Crippen molar-refractivity contribution in [2.24, 2.45) is 0 Å². The molecule has 0 aliphatic heterocycles. The number of esters is 1. The van der Waals surface area contributed by atoms with E-state index in [4.69, 9.17) is 13.9 Å². The second kappa shape index (κ2) is 11.3. The summed E-state index contributed by atoms with van der Waals surface area (Å²) in [5.74, 6) is 1.32. The number of rotatable bonds is 11. The minimum absolute atomic E-state index is 0.106. The number of H-pyrrole nitrogens is 1. The second-order valence-electron chi connectivity index (χ2n) is 7.97. The van der Waals surface area contributed by atoms with Crippen molar-refractivity contribution in [2.45, 2.75) is 32.5 Å². The van der Waals surface area contributed by atoms with Gasteiger partial charge in [-0.1, -0.05) is 25.1 Å². The Bertz CT molecular complexity index is 1320. The molecule has 10 heteroatoms. The largest absolute Gasteiger partial charge is 0.491 e. The van der Waals surface area contributed by atoms with Gasteiger partial charge in [-0.2, -0.15) is 0 Å². The first kappa shape index (κ1) is 24.6. The van der Waals surface area contributed by atoms with Gasteiger partial charge >= 0.3 is 5.97 Å².